The van der Waals surface area contributed by atoms with Gasteiger partial charge in [0, 0.05) is 16.1 Å². The maximum Gasteiger partial charge on any atom is 0.338 e. The van der Waals surface area contributed by atoms with Gasteiger partial charge in [0.15, 0.2) is 4.80 Å². The zero-order valence-electron chi connectivity index (χ0n) is 25.9. The normalized spacial score (nSPS) is 14.4. The lowest BCUT2D eigenvalue weighted by Crippen LogP contribution is -2.40. The summed E-state index contributed by atoms with van der Waals surface area (Å²) in [5.74, 6) is 0.630. The topological polar surface area (TPSA) is 79.1 Å². The summed E-state index contributed by atoms with van der Waals surface area (Å²) >= 11 is 19.9. The number of hydrogen-bond donors (Lipinski definition) is 0. The smallest absolute Gasteiger partial charge is 0.338 e. The molecule has 7 nitrogen and oxygen atoms in total. The Balaban J connectivity index is 1.52. The zero-order chi connectivity index (χ0) is 33.8. The average Bonchev–Trinajstić information content (AvgIpc) is 3.40. The van der Waals surface area contributed by atoms with Crippen molar-refractivity contribution in [3.8, 4) is 11.5 Å². The minimum atomic E-state index is -0.821. The van der Waals surface area contributed by atoms with E-state index in [0.29, 0.717) is 59.3 Å². The van der Waals surface area contributed by atoms with Crippen LogP contribution >= 0.6 is 46.1 Å². The molecule has 0 radical (unpaired) electrons. The highest BCUT2D eigenvalue weighted by Gasteiger charge is 2.35. The van der Waals surface area contributed by atoms with Gasteiger partial charge < -0.3 is 14.2 Å². The number of fused-ring (bicyclic) bond motifs is 1. The van der Waals surface area contributed by atoms with Crippen molar-refractivity contribution in [3.05, 3.63) is 154 Å². The Morgan fingerprint density at radius 3 is 2.38 bits per heavy atom. The number of carbonyl (C=O) groups is 1. The molecule has 0 saturated heterocycles. The Hall–Kier alpha value is -4.34. The van der Waals surface area contributed by atoms with Crippen molar-refractivity contribution in [1.82, 2.24) is 4.57 Å². The predicted molar refractivity (Wildman–Crippen MR) is 191 cm³/mol. The maximum atomic E-state index is 14.4. The SMILES string of the molecule is CCOC(=O)C1=C(c2ccccc2)N=c2s/c(=C\c3cc(Cl)ccc3OCc3ccc(Cl)c(Cl)c3)c(=O)n2[C@@H]1c1ccc(OCC)cc1. The number of halogens is 3. The van der Waals surface area contributed by atoms with Gasteiger partial charge in [0.1, 0.15) is 18.1 Å². The van der Waals surface area contributed by atoms with Crippen LogP contribution in [0.5, 0.6) is 11.5 Å². The summed E-state index contributed by atoms with van der Waals surface area (Å²) in [6.07, 6.45) is 1.73. The highest BCUT2D eigenvalue weighted by molar-refractivity contribution is 7.07. The third-order valence-electron chi connectivity index (χ3n) is 7.52. The molecule has 1 aromatic heterocycles. The van der Waals surface area contributed by atoms with Gasteiger partial charge in [0.25, 0.3) is 5.56 Å². The van der Waals surface area contributed by atoms with Gasteiger partial charge >= 0.3 is 5.97 Å². The summed E-state index contributed by atoms with van der Waals surface area (Å²) in [5, 5.41) is 1.35. The number of hydrogen-bond acceptors (Lipinski definition) is 7. The largest absolute Gasteiger partial charge is 0.494 e. The molecule has 6 rings (SSSR count). The monoisotopic (exact) mass is 718 g/mol. The Morgan fingerprint density at radius 1 is 0.896 bits per heavy atom. The molecule has 0 fully saturated rings. The summed E-state index contributed by atoms with van der Waals surface area (Å²) in [4.78, 5) is 33.4. The first-order chi connectivity index (χ1) is 23.3. The number of carbonyl (C=O) groups excluding carboxylic acids is 1. The minimum Gasteiger partial charge on any atom is -0.494 e. The van der Waals surface area contributed by atoms with E-state index in [-0.39, 0.29) is 24.3 Å². The van der Waals surface area contributed by atoms with E-state index in [0.717, 1.165) is 11.1 Å². The Morgan fingerprint density at radius 2 is 1.67 bits per heavy atom. The number of ether oxygens (including phenoxy) is 3. The van der Waals surface area contributed by atoms with E-state index in [1.165, 1.54) is 11.3 Å². The summed E-state index contributed by atoms with van der Waals surface area (Å²) in [6, 6.07) is 26.4. The molecular formula is C37H29Cl3N2O5S. The van der Waals surface area contributed by atoms with Crippen LogP contribution in [0, 0.1) is 0 Å². The molecule has 4 aromatic carbocycles. The van der Waals surface area contributed by atoms with Gasteiger partial charge in [0.2, 0.25) is 0 Å². The first-order valence-corrected chi connectivity index (χ1v) is 17.1. The molecule has 5 aromatic rings. The molecule has 0 aliphatic carbocycles. The fraction of sp³-hybridized carbons (Fsp3) is 0.162. The summed E-state index contributed by atoms with van der Waals surface area (Å²) < 4.78 is 19.3. The number of thiazole rings is 1. The van der Waals surface area contributed by atoms with Crippen molar-refractivity contribution < 1.29 is 19.0 Å². The quantitative estimate of drug-likeness (QED) is 0.137. The van der Waals surface area contributed by atoms with Gasteiger partial charge in [-0.15, -0.1) is 0 Å². The summed E-state index contributed by atoms with van der Waals surface area (Å²) in [6.45, 7) is 4.52. The van der Waals surface area contributed by atoms with Crippen LogP contribution in [0.15, 0.2) is 106 Å². The van der Waals surface area contributed by atoms with Gasteiger partial charge in [0.05, 0.1) is 45.1 Å². The second-order valence-corrected chi connectivity index (χ2v) is 12.9. The number of rotatable bonds is 10. The molecule has 0 N–H and O–H groups in total. The van der Waals surface area contributed by atoms with E-state index < -0.39 is 12.0 Å². The second-order valence-electron chi connectivity index (χ2n) is 10.7. The van der Waals surface area contributed by atoms with E-state index in [9.17, 15) is 9.59 Å². The molecule has 1 aliphatic heterocycles. The van der Waals surface area contributed by atoms with Crippen LogP contribution in [0.2, 0.25) is 15.1 Å². The van der Waals surface area contributed by atoms with Crippen LogP contribution in [-0.4, -0.2) is 23.8 Å². The lowest BCUT2D eigenvalue weighted by molar-refractivity contribution is -0.138. The van der Waals surface area contributed by atoms with Crippen molar-refractivity contribution in [1.29, 1.82) is 0 Å². The van der Waals surface area contributed by atoms with Crippen molar-refractivity contribution in [2.45, 2.75) is 26.5 Å². The van der Waals surface area contributed by atoms with Crippen molar-refractivity contribution in [2.24, 2.45) is 4.99 Å². The Bertz CT molecular complexity index is 2200. The van der Waals surface area contributed by atoms with Crippen LogP contribution in [0.1, 0.15) is 42.1 Å². The predicted octanol–water partition coefficient (Wildman–Crippen LogP) is 7.87. The first-order valence-electron chi connectivity index (χ1n) is 15.1. The molecule has 0 saturated carbocycles. The van der Waals surface area contributed by atoms with E-state index in [2.05, 4.69) is 0 Å². The van der Waals surface area contributed by atoms with Crippen LogP contribution in [-0.2, 0) is 16.1 Å². The highest BCUT2D eigenvalue weighted by atomic mass is 35.5. The first kappa shape index (κ1) is 33.6. The van der Waals surface area contributed by atoms with Crippen LogP contribution in [0.25, 0.3) is 11.8 Å². The average molecular weight is 720 g/mol. The molecular weight excluding hydrogens is 691 g/mol. The molecule has 0 spiro atoms. The van der Waals surface area contributed by atoms with Gasteiger partial charge in [-0.3, -0.25) is 9.36 Å². The Labute approximate surface area is 295 Å². The van der Waals surface area contributed by atoms with Gasteiger partial charge in [-0.1, -0.05) is 94.7 Å². The summed E-state index contributed by atoms with van der Waals surface area (Å²) in [7, 11) is 0. The highest BCUT2D eigenvalue weighted by Crippen LogP contribution is 2.36. The molecule has 1 atom stereocenters. The molecule has 48 heavy (non-hydrogen) atoms. The number of nitrogens with zero attached hydrogens (tertiary/aromatic N) is 2. The van der Waals surface area contributed by atoms with Crippen LogP contribution in [0.3, 0.4) is 0 Å². The standard InChI is InChI=1S/C37H29Cl3N2O5S/c1-3-45-27-14-11-24(12-15-27)34-32(36(44)46-4-2)33(23-8-6-5-7-9-23)41-37-42(34)35(43)31(48-37)20-25-19-26(38)13-17-30(25)47-21-22-10-16-28(39)29(40)18-22/h5-20,34H,3-4,21H2,1-2H3/b31-20-/t34-/m1/s1. The van der Waals surface area contributed by atoms with Crippen LogP contribution in [0.4, 0.5) is 0 Å². The molecule has 0 bridgehead atoms. The van der Waals surface area contributed by atoms with Crippen molar-refractivity contribution in [3.63, 3.8) is 0 Å². The molecule has 0 amide bonds. The number of esters is 1. The second kappa shape index (κ2) is 14.8. The third-order valence-corrected chi connectivity index (χ3v) is 9.47. The zero-order valence-corrected chi connectivity index (χ0v) is 29.0. The third kappa shape index (κ3) is 7.08. The van der Waals surface area contributed by atoms with Gasteiger partial charge in [-0.2, -0.15) is 0 Å². The van der Waals surface area contributed by atoms with E-state index in [1.54, 1.807) is 47.9 Å². The Kier molecular flexibility index (Phi) is 10.4. The molecule has 1 aliphatic rings. The lowest BCUT2D eigenvalue weighted by atomic mass is 9.93. The lowest BCUT2D eigenvalue weighted by Gasteiger charge is -2.26. The fourth-order valence-electron chi connectivity index (χ4n) is 5.36. The van der Waals surface area contributed by atoms with Crippen LogP contribution < -0.4 is 24.4 Å². The van der Waals surface area contributed by atoms with Gasteiger partial charge in [-0.25, -0.2) is 9.79 Å². The molecule has 0 unspecified atom stereocenters. The van der Waals surface area contributed by atoms with Crippen molar-refractivity contribution >= 4 is 63.9 Å². The molecule has 244 valence electrons. The van der Waals surface area contributed by atoms with E-state index in [4.69, 9.17) is 54.0 Å². The van der Waals surface area contributed by atoms with E-state index in [1.807, 2.05) is 67.6 Å². The number of benzene rings is 4. The van der Waals surface area contributed by atoms with Gasteiger partial charge in [-0.05, 0) is 73.5 Å². The molecule has 2 heterocycles. The van der Waals surface area contributed by atoms with E-state index >= 15 is 0 Å². The number of aromatic nitrogens is 1. The fourth-order valence-corrected chi connectivity index (χ4v) is 6.86. The molecule has 11 heteroatoms. The van der Waals surface area contributed by atoms with Crippen molar-refractivity contribution in [2.75, 3.05) is 13.2 Å². The minimum absolute atomic E-state index is 0.157. The summed E-state index contributed by atoms with van der Waals surface area (Å²) in [5.41, 5.74) is 3.21. The maximum absolute atomic E-state index is 14.4.